The van der Waals surface area contributed by atoms with Crippen LogP contribution in [-0.4, -0.2) is 16.9 Å². The number of carbonyl (C=O) groups is 2. The minimum absolute atomic E-state index is 0.0768. The number of anilines is 2. The number of phenolic OH excluding ortho intramolecular Hbond substituents is 1. The Morgan fingerprint density at radius 3 is 2.14 bits per heavy atom. The minimum atomic E-state index is -0.836. The van der Waals surface area contributed by atoms with Gasteiger partial charge in [-0.05, 0) is 43.2 Å². The van der Waals surface area contributed by atoms with Crippen LogP contribution >= 0.6 is 0 Å². The summed E-state index contributed by atoms with van der Waals surface area (Å²) in [6.45, 7) is 3.65. The van der Waals surface area contributed by atoms with E-state index in [-0.39, 0.29) is 11.4 Å². The van der Waals surface area contributed by atoms with Gasteiger partial charge in [0.05, 0.1) is 5.69 Å². The van der Waals surface area contributed by atoms with Crippen molar-refractivity contribution in [3.05, 3.63) is 53.6 Å². The van der Waals surface area contributed by atoms with Crippen LogP contribution in [0.5, 0.6) is 5.75 Å². The molecule has 0 atom stereocenters. The highest BCUT2D eigenvalue weighted by Crippen LogP contribution is 2.23. The number of aromatic hydroxyl groups is 1. The van der Waals surface area contributed by atoms with E-state index >= 15 is 0 Å². The largest absolute Gasteiger partial charge is 0.506 e. The van der Waals surface area contributed by atoms with Crippen molar-refractivity contribution in [1.29, 1.82) is 0 Å². The monoisotopic (exact) mass is 284 g/mol. The van der Waals surface area contributed by atoms with E-state index in [9.17, 15) is 14.7 Å². The topological polar surface area (TPSA) is 78.4 Å². The number of amides is 2. The lowest BCUT2D eigenvalue weighted by Gasteiger charge is -2.09. The SMILES string of the molecule is Cc1ccc(NC(=O)C(=O)Nc2ccccc2C)c(O)c1. The van der Waals surface area contributed by atoms with Crippen LogP contribution in [0.2, 0.25) is 0 Å². The first-order valence-corrected chi connectivity index (χ1v) is 6.45. The Hall–Kier alpha value is -2.82. The molecule has 0 aliphatic carbocycles. The quantitative estimate of drug-likeness (QED) is 0.586. The number of aryl methyl sites for hydroxylation is 2. The number of hydrogen-bond acceptors (Lipinski definition) is 3. The Morgan fingerprint density at radius 1 is 0.905 bits per heavy atom. The van der Waals surface area contributed by atoms with E-state index in [0.717, 1.165) is 11.1 Å². The van der Waals surface area contributed by atoms with Gasteiger partial charge in [0.25, 0.3) is 0 Å². The standard InChI is InChI=1S/C16H16N2O3/c1-10-7-8-13(14(19)9-10)18-16(21)15(20)17-12-6-4-3-5-11(12)2/h3-9,19H,1-2H3,(H,17,20)(H,18,21). The summed E-state index contributed by atoms with van der Waals surface area (Å²) in [5.74, 6) is -1.70. The molecule has 2 rings (SSSR count). The van der Waals surface area contributed by atoms with Gasteiger partial charge in [0.1, 0.15) is 5.75 Å². The van der Waals surface area contributed by atoms with Crippen LogP contribution in [0.4, 0.5) is 11.4 Å². The predicted molar refractivity (Wildman–Crippen MR) is 81.3 cm³/mol. The van der Waals surface area contributed by atoms with Crippen LogP contribution in [-0.2, 0) is 9.59 Å². The summed E-state index contributed by atoms with van der Waals surface area (Å²) in [6, 6.07) is 11.9. The van der Waals surface area contributed by atoms with Crippen molar-refractivity contribution in [2.45, 2.75) is 13.8 Å². The van der Waals surface area contributed by atoms with Crippen LogP contribution in [0.25, 0.3) is 0 Å². The van der Waals surface area contributed by atoms with Gasteiger partial charge in [-0.25, -0.2) is 0 Å². The second-order valence-corrected chi connectivity index (χ2v) is 4.74. The summed E-state index contributed by atoms with van der Waals surface area (Å²) in [5.41, 5.74) is 2.49. The van der Waals surface area contributed by atoms with Crippen LogP contribution in [0.3, 0.4) is 0 Å². The van der Waals surface area contributed by atoms with Gasteiger partial charge in [0, 0.05) is 5.69 Å². The fourth-order valence-electron chi connectivity index (χ4n) is 1.82. The number of carbonyl (C=O) groups excluding carboxylic acids is 2. The number of para-hydroxylation sites is 1. The summed E-state index contributed by atoms with van der Waals surface area (Å²) < 4.78 is 0. The van der Waals surface area contributed by atoms with E-state index in [2.05, 4.69) is 10.6 Å². The molecule has 2 amide bonds. The molecule has 0 saturated heterocycles. The summed E-state index contributed by atoms with van der Waals surface area (Å²) in [4.78, 5) is 23.7. The maximum Gasteiger partial charge on any atom is 0.314 e. The number of rotatable bonds is 2. The third-order valence-electron chi connectivity index (χ3n) is 3.00. The molecule has 21 heavy (non-hydrogen) atoms. The van der Waals surface area contributed by atoms with Gasteiger partial charge >= 0.3 is 11.8 Å². The molecule has 0 spiro atoms. The normalized spacial score (nSPS) is 10.0. The molecule has 0 aromatic heterocycles. The fraction of sp³-hybridized carbons (Fsp3) is 0.125. The Morgan fingerprint density at radius 2 is 1.52 bits per heavy atom. The average Bonchev–Trinajstić information content (AvgIpc) is 2.44. The van der Waals surface area contributed by atoms with E-state index < -0.39 is 11.8 Å². The molecule has 2 aromatic rings. The molecule has 5 nitrogen and oxygen atoms in total. The van der Waals surface area contributed by atoms with E-state index in [4.69, 9.17) is 0 Å². The van der Waals surface area contributed by atoms with Crippen molar-refractivity contribution in [3.8, 4) is 5.75 Å². The lowest BCUT2D eigenvalue weighted by molar-refractivity contribution is -0.133. The van der Waals surface area contributed by atoms with Gasteiger partial charge in [-0.1, -0.05) is 24.3 Å². The predicted octanol–water partition coefficient (Wildman–Crippen LogP) is 2.59. The summed E-state index contributed by atoms with van der Waals surface area (Å²) in [7, 11) is 0. The Kier molecular flexibility index (Phi) is 4.23. The van der Waals surface area contributed by atoms with Crippen molar-refractivity contribution in [1.82, 2.24) is 0 Å². The maximum atomic E-state index is 11.8. The lowest BCUT2D eigenvalue weighted by atomic mass is 10.2. The highest BCUT2D eigenvalue weighted by Gasteiger charge is 2.16. The molecule has 0 bridgehead atoms. The van der Waals surface area contributed by atoms with Gasteiger partial charge in [-0.15, -0.1) is 0 Å². The van der Waals surface area contributed by atoms with E-state index in [1.807, 2.05) is 26.0 Å². The Balaban J connectivity index is 2.06. The molecule has 0 radical (unpaired) electrons. The van der Waals surface area contributed by atoms with Crippen molar-refractivity contribution in [2.24, 2.45) is 0 Å². The third-order valence-corrected chi connectivity index (χ3v) is 3.00. The average molecular weight is 284 g/mol. The number of nitrogens with one attached hydrogen (secondary N) is 2. The van der Waals surface area contributed by atoms with E-state index in [1.54, 1.807) is 24.3 Å². The molecule has 2 aromatic carbocycles. The zero-order valence-electron chi connectivity index (χ0n) is 11.8. The first-order valence-electron chi connectivity index (χ1n) is 6.45. The van der Waals surface area contributed by atoms with E-state index in [1.165, 1.54) is 6.07 Å². The van der Waals surface area contributed by atoms with Crippen molar-refractivity contribution in [3.63, 3.8) is 0 Å². The summed E-state index contributed by atoms with van der Waals surface area (Å²) >= 11 is 0. The first kappa shape index (κ1) is 14.6. The molecule has 5 heteroatoms. The van der Waals surface area contributed by atoms with Crippen LogP contribution < -0.4 is 10.6 Å². The van der Waals surface area contributed by atoms with Gasteiger partial charge in [0.15, 0.2) is 0 Å². The maximum absolute atomic E-state index is 11.8. The van der Waals surface area contributed by atoms with Gasteiger partial charge in [0.2, 0.25) is 0 Å². The molecule has 0 aliphatic heterocycles. The molecular formula is C16H16N2O3. The number of phenols is 1. The summed E-state index contributed by atoms with van der Waals surface area (Å²) in [5, 5.41) is 14.6. The number of benzene rings is 2. The molecule has 0 fully saturated rings. The first-order chi connectivity index (χ1) is 9.97. The lowest BCUT2D eigenvalue weighted by Crippen LogP contribution is -2.29. The van der Waals surface area contributed by atoms with Crippen molar-refractivity contribution >= 4 is 23.2 Å². The molecule has 0 saturated carbocycles. The zero-order valence-corrected chi connectivity index (χ0v) is 11.8. The highest BCUT2D eigenvalue weighted by atomic mass is 16.3. The molecule has 0 unspecified atom stereocenters. The molecule has 108 valence electrons. The molecule has 0 aliphatic rings. The zero-order chi connectivity index (χ0) is 15.4. The van der Waals surface area contributed by atoms with Crippen LogP contribution in [0, 0.1) is 13.8 Å². The smallest absolute Gasteiger partial charge is 0.314 e. The molecule has 3 N–H and O–H groups in total. The van der Waals surface area contributed by atoms with Crippen molar-refractivity contribution in [2.75, 3.05) is 10.6 Å². The van der Waals surface area contributed by atoms with Gasteiger partial charge in [-0.2, -0.15) is 0 Å². The van der Waals surface area contributed by atoms with Gasteiger partial charge < -0.3 is 15.7 Å². The van der Waals surface area contributed by atoms with Gasteiger partial charge in [-0.3, -0.25) is 9.59 Å². The molecular weight excluding hydrogens is 268 g/mol. The van der Waals surface area contributed by atoms with Crippen LogP contribution in [0.1, 0.15) is 11.1 Å². The Labute approximate surface area is 122 Å². The minimum Gasteiger partial charge on any atom is -0.506 e. The second-order valence-electron chi connectivity index (χ2n) is 4.74. The molecule has 0 heterocycles. The second kappa shape index (κ2) is 6.09. The fourth-order valence-corrected chi connectivity index (χ4v) is 1.82. The van der Waals surface area contributed by atoms with Crippen molar-refractivity contribution < 1.29 is 14.7 Å². The van der Waals surface area contributed by atoms with E-state index in [0.29, 0.717) is 5.69 Å². The number of hydrogen-bond donors (Lipinski definition) is 3. The summed E-state index contributed by atoms with van der Waals surface area (Å²) in [6.07, 6.45) is 0. The van der Waals surface area contributed by atoms with Crippen LogP contribution in [0.15, 0.2) is 42.5 Å². The third kappa shape index (κ3) is 3.60. The Bertz CT molecular complexity index is 696. The highest BCUT2D eigenvalue weighted by molar-refractivity contribution is 6.43.